The molecule has 8 aromatic heterocycles. The molecule has 0 unspecified atom stereocenters. The lowest BCUT2D eigenvalue weighted by Crippen LogP contribution is -1.95. The fourth-order valence-corrected chi connectivity index (χ4v) is 22.8. The molecule has 31 rings (SSSR count). The quantitative estimate of drug-likeness (QED) is 0.144. The van der Waals surface area contributed by atoms with Crippen LogP contribution in [0.5, 0.6) is 0 Å². The third-order valence-electron chi connectivity index (χ3n) is 29.3. The molecule has 0 saturated heterocycles. The number of aromatic nitrogens is 4. The first-order chi connectivity index (χ1) is 71.2. The van der Waals surface area contributed by atoms with Gasteiger partial charge in [-0.15, -0.1) is 0 Å². The van der Waals surface area contributed by atoms with Gasteiger partial charge in [0.25, 0.3) is 0 Å². The third kappa shape index (κ3) is 13.8. The van der Waals surface area contributed by atoms with Gasteiger partial charge in [0.05, 0.1) is 49.8 Å². The first-order valence-electron chi connectivity index (χ1n) is 49.2. The molecule has 0 N–H and O–H groups in total. The molecular weight excluding hydrogens is 1750 g/mol. The van der Waals surface area contributed by atoms with Gasteiger partial charge < -0.3 is 35.9 Å². The zero-order valence-corrected chi connectivity index (χ0v) is 78.8. The average molecular weight is 1840 g/mol. The Morgan fingerprint density at radius 1 is 0.146 bits per heavy atom. The van der Waals surface area contributed by atoms with Crippen LogP contribution in [0.1, 0.15) is 11.1 Å². The molecule has 0 spiro atoms. The predicted octanol–water partition coefficient (Wildman–Crippen LogP) is 38.0. The van der Waals surface area contributed by atoms with E-state index in [-0.39, 0.29) is 0 Å². The van der Waals surface area contributed by atoms with Crippen LogP contribution in [0.25, 0.3) is 275 Å². The molecular formula is C136H88N4O4. The molecule has 8 heterocycles. The average Bonchev–Trinajstić information content (AvgIpc) is 1.59. The summed E-state index contributed by atoms with van der Waals surface area (Å²) in [6, 6.07) is 177. The Balaban J connectivity index is 0.0000000934. The Kier molecular flexibility index (Phi) is 19.6. The Morgan fingerprint density at radius 3 is 0.833 bits per heavy atom. The van der Waals surface area contributed by atoms with Gasteiger partial charge in [0.15, 0.2) is 0 Å². The number of furan rings is 4. The molecule has 0 saturated carbocycles. The molecule has 8 heteroatoms. The summed E-state index contributed by atoms with van der Waals surface area (Å²) in [6.45, 7) is 4.33. The van der Waals surface area contributed by atoms with Crippen LogP contribution in [-0.2, 0) is 0 Å². The Morgan fingerprint density at radius 2 is 0.424 bits per heavy atom. The Labute approximate surface area is 827 Å². The van der Waals surface area contributed by atoms with Gasteiger partial charge in [-0.25, -0.2) is 0 Å². The smallest absolute Gasteiger partial charge is 0.143 e. The molecule has 144 heavy (non-hydrogen) atoms. The maximum absolute atomic E-state index is 6.37. The highest BCUT2D eigenvalue weighted by molar-refractivity contribution is 6.19. The van der Waals surface area contributed by atoms with E-state index in [1.165, 1.54) is 148 Å². The van der Waals surface area contributed by atoms with E-state index < -0.39 is 0 Å². The molecule has 31 aromatic rings. The van der Waals surface area contributed by atoms with E-state index in [1.54, 1.807) is 0 Å². The van der Waals surface area contributed by atoms with E-state index >= 15 is 0 Å². The third-order valence-corrected chi connectivity index (χ3v) is 29.3. The minimum absolute atomic E-state index is 0.920. The highest BCUT2D eigenvalue weighted by Gasteiger charge is 2.25. The second kappa shape index (κ2) is 34.0. The topological polar surface area (TPSA) is 72.3 Å². The van der Waals surface area contributed by atoms with Gasteiger partial charge in [0.2, 0.25) is 0 Å². The van der Waals surface area contributed by atoms with Crippen molar-refractivity contribution in [3.05, 3.63) is 509 Å². The zero-order valence-electron chi connectivity index (χ0n) is 78.8. The number of hydrogen-bond donors (Lipinski definition) is 0. The fourth-order valence-electron chi connectivity index (χ4n) is 22.8. The van der Waals surface area contributed by atoms with Crippen molar-refractivity contribution in [3.8, 4) is 78.4 Å². The van der Waals surface area contributed by atoms with Crippen molar-refractivity contribution in [2.24, 2.45) is 0 Å². The van der Waals surface area contributed by atoms with Crippen LogP contribution in [0, 0.1) is 13.8 Å². The van der Waals surface area contributed by atoms with Crippen molar-refractivity contribution in [2.75, 3.05) is 0 Å². The Hall–Kier alpha value is -19.0. The van der Waals surface area contributed by atoms with Crippen molar-refractivity contribution in [1.29, 1.82) is 0 Å². The minimum atomic E-state index is 0.920. The first kappa shape index (κ1) is 83.2. The normalized spacial score (nSPS) is 11.8. The maximum atomic E-state index is 6.37. The number of fused-ring (bicyclic) bond motifs is 26. The lowest BCUT2D eigenvalue weighted by atomic mass is 10.0. The van der Waals surface area contributed by atoms with Crippen molar-refractivity contribution < 1.29 is 17.7 Å². The summed E-state index contributed by atoms with van der Waals surface area (Å²) >= 11 is 0. The van der Waals surface area contributed by atoms with Crippen molar-refractivity contribution in [1.82, 2.24) is 18.3 Å². The molecule has 0 bridgehead atoms. The van der Waals surface area contributed by atoms with Gasteiger partial charge in [-0.05, 0) is 190 Å². The number of nitrogens with zero attached hydrogens (tertiary/aromatic N) is 4. The number of benzene rings is 23. The zero-order chi connectivity index (χ0) is 95.1. The van der Waals surface area contributed by atoms with Gasteiger partial charge in [0, 0.05) is 131 Å². The van der Waals surface area contributed by atoms with Gasteiger partial charge in [-0.1, -0.05) is 382 Å². The SMILES string of the molecule is Cc1cc(C)cc(-n2c3ccccc3c3ccc(-c4cccc5c4oc4ccccc45)cc32)c1.c1ccc(-c2ccc(-n3c4ccccc4c4ccc(-c5cccc6c5oc5ccccc56)cc43)cc2)cc1.c1ccc2c(-n3c4ccccc4c4ccc(-c5cccc6c5oc5ccccc56)cc43)cccc2c1.c1ccc2cc(-n3c4ccccc4c4ccc(-c5cccc6c5oc5ccccc56)cc43)ccc2c1. The first-order valence-corrected chi connectivity index (χ1v) is 49.2. The van der Waals surface area contributed by atoms with E-state index in [4.69, 9.17) is 17.7 Å². The summed E-state index contributed by atoms with van der Waals surface area (Å²) in [7, 11) is 0. The van der Waals surface area contributed by atoms with Crippen molar-refractivity contribution >= 4 is 197 Å². The summed E-state index contributed by atoms with van der Waals surface area (Å²) in [6.07, 6.45) is 0. The number of rotatable bonds is 9. The lowest BCUT2D eigenvalue weighted by molar-refractivity contribution is 0.669. The van der Waals surface area contributed by atoms with Crippen LogP contribution in [-0.4, -0.2) is 18.3 Å². The second-order valence-electron chi connectivity index (χ2n) is 37.7. The van der Waals surface area contributed by atoms with Gasteiger partial charge >= 0.3 is 0 Å². The van der Waals surface area contributed by atoms with E-state index in [0.29, 0.717) is 0 Å². The number of hydrogen-bond acceptors (Lipinski definition) is 4. The van der Waals surface area contributed by atoms with Gasteiger partial charge in [0.1, 0.15) is 44.7 Å². The lowest BCUT2D eigenvalue weighted by Gasteiger charge is -2.12. The van der Waals surface area contributed by atoms with Crippen LogP contribution in [0.4, 0.5) is 0 Å². The molecule has 0 atom stereocenters. The molecule has 676 valence electrons. The predicted molar refractivity (Wildman–Crippen MR) is 604 cm³/mol. The standard InChI is InChI=1S/C36H23NO.2C34H21NO.C32H23NO/c1-2-9-24(10-3-1)25-17-20-27(21-18-25)37-33-15-6-4-11-29(33)30-22-19-26(23-34(30)37)28-13-8-14-32-31-12-5-7-16-35(31)38-36(28)32;1-2-11-24-22(9-1)10-7-17-30(24)35-31-16-5-3-12-26(31)27-20-19-23(21-32(27)35)25-14-8-15-29-28-13-4-6-18-33(28)36-34(25)29;1-2-9-23-20-25(18-16-22(23)8-1)35-31-14-5-3-10-27(31)28-19-17-24(21-32(28)35)26-12-7-13-30-29-11-4-6-15-33(29)36-34(26)30;1-20-16-21(2)18-23(17-20)33-29-12-5-3-8-25(29)26-15-14-22(19-30(26)33)24-10-7-11-28-27-9-4-6-13-31(27)34-32(24)28/h1-23H;2*1-21H;3-19H,1-2H3. The summed E-state index contributed by atoms with van der Waals surface area (Å²) in [5, 5.41) is 24.2. The van der Waals surface area contributed by atoms with Crippen LogP contribution in [0.2, 0.25) is 0 Å². The summed E-state index contributed by atoms with van der Waals surface area (Å²) < 4.78 is 35.0. The number of para-hydroxylation sites is 12. The van der Waals surface area contributed by atoms with E-state index in [2.05, 4.69) is 481 Å². The van der Waals surface area contributed by atoms with Crippen LogP contribution in [0.15, 0.2) is 515 Å². The monoisotopic (exact) mass is 1840 g/mol. The Bertz CT molecular complexity index is 10600. The van der Waals surface area contributed by atoms with Crippen LogP contribution >= 0.6 is 0 Å². The summed E-state index contributed by atoms with van der Waals surface area (Å²) in [5.41, 5.74) is 35.8. The van der Waals surface area contributed by atoms with E-state index in [9.17, 15) is 0 Å². The van der Waals surface area contributed by atoms with Crippen molar-refractivity contribution in [3.63, 3.8) is 0 Å². The molecule has 0 amide bonds. The maximum Gasteiger partial charge on any atom is 0.143 e. The van der Waals surface area contributed by atoms with Gasteiger partial charge in [-0.3, -0.25) is 0 Å². The van der Waals surface area contributed by atoms with Crippen molar-refractivity contribution in [2.45, 2.75) is 13.8 Å². The van der Waals surface area contributed by atoms with Gasteiger partial charge in [-0.2, -0.15) is 0 Å². The highest BCUT2D eigenvalue weighted by Crippen LogP contribution is 2.48. The fraction of sp³-hybridized carbons (Fsp3) is 0.0147. The molecule has 0 aliphatic carbocycles. The van der Waals surface area contributed by atoms with E-state index in [1.807, 2.05) is 48.5 Å². The molecule has 8 nitrogen and oxygen atoms in total. The molecule has 0 aliphatic rings. The molecule has 0 aliphatic heterocycles. The molecule has 0 fully saturated rings. The van der Waals surface area contributed by atoms with E-state index in [0.717, 1.165) is 138 Å². The number of aryl methyl sites for hydroxylation is 2. The van der Waals surface area contributed by atoms with Crippen LogP contribution in [0.3, 0.4) is 0 Å². The highest BCUT2D eigenvalue weighted by atomic mass is 16.3. The van der Waals surface area contributed by atoms with Crippen LogP contribution < -0.4 is 0 Å². The summed E-state index contributed by atoms with van der Waals surface area (Å²) in [4.78, 5) is 0. The molecule has 23 aromatic carbocycles. The second-order valence-corrected chi connectivity index (χ2v) is 37.7. The summed E-state index contributed by atoms with van der Waals surface area (Å²) in [5.74, 6) is 0. The molecule has 0 radical (unpaired) electrons. The minimum Gasteiger partial charge on any atom is -0.455 e. The largest absolute Gasteiger partial charge is 0.455 e.